The predicted molar refractivity (Wildman–Crippen MR) is 135 cm³/mol. The minimum Gasteiger partial charge on any atom is -0.474 e. The summed E-state index contributed by atoms with van der Waals surface area (Å²) >= 11 is 5.93. The van der Waals surface area contributed by atoms with Crippen LogP contribution in [0.3, 0.4) is 0 Å². The first kappa shape index (κ1) is 25.9. The SMILES string of the molecule is C[C@H](Oc1ccc(Cl)cn1)[C@H]1CN(C(=O)C2CCN(C(=O)C3(C)CC3)CC2)C[C@@H]1c1ccc(F)cc1F. The summed E-state index contributed by atoms with van der Waals surface area (Å²) in [6.07, 6.45) is 4.22. The molecule has 37 heavy (non-hydrogen) atoms. The van der Waals surface area contributed by atoms with E-state index >= 15 is 0 Å². The zero-order chi connectivity index (χ0) is 26.3. The lowest BCUT2D eigenvalue weighted by Crippen LogP contribution is -2.46. The van der Waals surface area contributed by atoms with E-state index in [1.165, 1.54) is 18.3 Å². The molecule has 0 radical (unpaired) electrons. The quantitative estimate of drug-likeness (QED) is 0.522. The molecule has 3 fully saturated rings. The summed E-state index contributed by atoms with van der Waals surface area (Å²) in [5.74, 6) is -1.41. The summed E-state index contributed by atoms with van der Waals surface area (Å²) in [6, 6.07) is 6.95. The number of aromatic nitrogens is 1. The van der Waals surface area contributed by atoms with Gasteiger partial charge in [0.2, 0.25) is 17.7 Å². The number of carbonyl (C=O) groups excluding carboxylic acids is 2. The molecule has 0 N–H and O–H groups in total. The largest absolute Gasteiger partial charge is 0.474 e. The molecule has 0 unspecified atom stereocenters. The summed E-state index contributed by atoms with van der Waals surface area (Å²) in [5.41, 5.74) is 0.167. The first-order chi connectivity index (χ1) is 17.6. The van der Waals surface area contributed by atoms with Crippen molar-refractivity contribution in [3.63, 3.8) is 0 Å². The molecule has 1 aliphatic carbocycles. The molecule has 3 heterocycles. The lowest BCUT2D eigenvalue weighted by atomic mass is 9.85. The number of halogens is 3. The lowest BCUT2D eigenvalue weighted by molar-refractivity contribution is -0.142. The minimum atomic E-state index is -0.639. The van der Waals surface area contributed by atoms with Crippen LogP contribution in [0.15, 0.2) is 36.5 Å². The van der Waals surface area contributed by atoms with Crippen LogP contribution in [0.25, 0.3) is 0 Å². The van der Waals surface area contributed by atoms with E-state index in [-0.39, 0.29) is 41.1 Å². The molecule has 3 aliphatic rings. The number of piperidine rings is 1. The molecular weight excluding hydrogens is 500 g/mol. The Kier molecular flexibility index (Phi) is 7.14. The fraction of sp³-hybridized carbons (Fsp3) is 0.536. The smallest absolute Gasteiger partial charge is 0.228 e. The van der Waals surface area contributed by atoms with Gasteiger partial charge in [-0.1, -0.05) is 24.6 Å². The van der Waals surface area contributed by atoms with Gasteiger partial charge in [-0.25, -0.2) is 13.8 Å². The molecule has 2 aromatic rings. The molecule has 1 saturated carbocycles. The third-order valence-electron chi connectivity index (χ3n) is 8.30. The zero-order valence-electron chi connectivity index (χ0n) is 21.1. The van der Waals surface area contributed by atoms with Crippen molar-refractivity contribution in [2.24, 2.45) is 17.3 Å². The monoisotopic (exact) mass is 531 g/mol. The van der Waals surface area contributed by atoms with E-state index in [2.05, 4.69) is 4.98 Å². The van der Waals surface area contributed by atoms with Gasteiger partial charge >= 0.3 is 0 Å². The van der Waals surface area contributed by atoms with Gasteiger partial charge in [0.15, 0.2) is 0 Å². The van der Waals surface area contributed by atoms with E-state index in [1.807, 2.05) is 18.7 Å². The number of ether oxygens (including phenoxy) is 1. The molecule has 1 aromatic heterocycles. The lowest BCUT2D eigenvalue weighted by Gasteiger charge is -2.34. The van der Waals surface area contributed by atoms with E-state index in [1.54, 1.807) is 17.0 Å². The van der Waals surface area contributed by atoms with Gasteiger partial charge < -0.3 is 14.5 Å². The van der Waals surface area contributed by atoms with Crippen molar-refractivity contribution >= 4 is 23.4 Å². The fourth-order valence-electron chi connectivity index (χ4n) is 5.70. The van der Waals surface area contributed by atoms with Gasteiger partial charge in [0.1, 0.15) is 17.7 Å². The fourth-order valence-corrected chi connectivity index (χ4v) is 5.81. The summed E-state index contributed by atoms with van der Waals surface area (Å²) in [6.45, 7) is 5.78. The van der Waals surface area contributed by atoms with Gasteiger partial charge in [-0.2, -0.15) is 0 Å². The van der Waals surface area contributed by atoms with Crippen LogP contribution in [0, 0.1) is 28.9 Å². The molecule has 2 amide bonds. The van der Waals surface area contributed by atoms with Crippen molar-refractivity contribution < 1.29 is 23.1 Å². The van der Waals surface area contributed by atoms with Crippen LogP contribution in [-0.4, -0.2) is 58.9 Å². The molecule has 3 atom stereocenters. The standard InChI is InChI=1S/C28H32ClF2N3O3/c1-17(37-25-6-3-19(29)14-32-25)22-15-34(16-23(22)21-5-4-20(30)13-24(21)31)26(35)18-7-11-33(12-8-18)27(36)28(2)9-10-28/h3-6,13-14,17-18,22-23H,7-12,15-16H2,1-2H3/t17-,22+,23+/m0/s1. The Balaban J connectivity index is 1.30. The van der Waals surface area contributed by atoms with Gasteiger partial charge in [-0.15, -0.1) is 0 Å². The van der Waals surface area contributed by atoms with Crippen LogP contribution < -0.4 is 4.74 Å². The van der Waals surface area contributed by atoms with Gasteiger partial charge in [0, 0.05) is 67.7 Å². The molecular formula is C28H32ClF2N3O3. The molecule has 0 spiro atoms. The maximum absolute atomic E-state index is 14.9. The topological polar surface area (TPSA) is 62.7 Å². The number of nitrogens with zero attached hydrogens (tertiary/aromatic N) is 3. The number of hydrogen-bond acceptors (Lipinski definition) is 4. The van der Waals surface area contributed by atoms with Gasteiger partial charge in [-0.3, -0.25) is 9.59 Å². The van der Waals surface area contributed by atoms with Crippen molar-refractivity contribution in [3.05, 3.63) is 58.7 Å². The highest BCUT2D eigenvalue weighted by Gasteiger charge is 2.48. The van der Waals surface area contributed by atoms with Crippen molar-refractivity contribution in [3.8, 4) is 5.88 Å². The van der Waals surface area contributed by atoms with Crippen molar-refractivity contribution in [1.82, 2.24) is 14.8 Å². The van der Waals surface area contributed by atoms with Crippen molar-refractivity contribution in [1.29, 1.82) is 0 Å². The maximum atomic E-state index is 14.9. The average molecular weight is 532 g/mol. The molecule has 1 aromatic carbocycles. The molecule has 5 rings (SSSR count). The van der Waals surface area contributed by atoms with Gasteiger partial charge in [0.25, 0.3) is 0 Å². The third kappa shape index (κ3) is 5.44. The zero-order valence-corrected chi connectivity index (χ0v) is 21.9. The van der Waals surface area contributed by atoms with Gasteiger partial charge in [0.05, 0.1) is 5.02 Å². The summed E-state index contributed by atoms with van der Waals surface area (Å²) in [4.78, 5) is 34.2. The van der Waals surface area contributed by atoms with E-state index in [9.17, 15) is 18.4 Å². The summed E-state index contributed by atoms with van der Waals surface area (Å²) < 4.78 is 34.6. The number of rotatable bonds is 6. The predicted octanol–water partition coefficient (Wildman–Crippen LogP) is 5.06. The van der Waals surface area contributed by atoms with Crippen molar-refractivity contribution in [2.75, 3.05) is 26.2 Å². The number of pyridine rings is 1. The van der Waals surface area contributed by atoms with Crippen LogP contribution in [0.4, 0.5) is 8.78 Å². The number of likely N-dealkylation sites (tertiary alicyclic amines) is 2. The maximum Gasteiger partial charge on any atom is 0.228 e. The Morgan fingerprint density at radius 3 is 2.46 bits per heavy atom. The Bertz CT molecular complexity index is 1170. The minimum absolute atomic E-state index is 0.0246. The second-order valence-corrected chi connectivity index (χ2v) is 11.4. The number of amides is 2. The highest BCUT2D eigenvalue weighted by atomic mass is 35.5. The third-order valence-corrected chi connectivity index (χ3v) is 8.52. The first-order valence-corrected chi connectivity index (χ1v) is 13.3. The Morgan fingerprint density at radius 2 is 1.84 bits per heavy atom. The van der Waals surface area contributed by atoms with Gasteiger partial charge in [-0.05, 0) is 50.3 Å². The number of carbonyl (C=O) groups is 2. The van der Waals surface area contributed by atoms with E-state index < -0.39 is 11.6 Å². The highest BCUT2D eigenvalue weighted by molar-refractivity contribution is 6.30. The summed E-state index contributed by atoms with van der Waals surface area (Å²) in [7, 11) is 0. The Labute approximate surface area is 220 Å². The Morgan fingerprint density at radius 1 is 1.11 bits per heavy atom. The van der Waals surface area contributed by atoms with Crippen molar-refractivity contribution in [2.45, 2.75) is 51.6 Å². The van der Waals surface area contributed by atoms with E-state index in [0.717, 1.165) is 18.9 Å². The normalized spacial score (nSPS) is 24.1. The average Bonchev–Trinajstić information content (AvgIpc) is 3.48. The first-order valence-electron chi connectivity index (χ1n) is 13.0. The van der Waals surface area contributed by atoms with Crippen LogP contribution in [0.1, 0.15) is 51.0 Å². The summed E-state index contributed by atoms with van der Waals surface area (Å²) in [5, 5.41) is 0.489. The number of hydrogen-bond donors (Lipinski definition) is 0. The molecule has 0 bridgehead atoms. The molecule has 6 nitrogen and oxygen atoms in total. The number of benzene rings is 1. The van der Waals surface area contributed by atoms with Crippen LogP contribution in [0.5, 0.6) is 5.88 Å². The van der Waals surface area contributed by atoms with E-state index in [4.69, 9.17) is 16.3 Å². The van der Waals surface area contributed by atoms with E-state index in [0.29, 0.717) is 55.5 Å². The molecule has 2 saturated heterocycles. The molecule has 9 heteroatoms. The van der Waals surface area contributed by atoms with Crippen LogP contribution in [-0.2, 0) is 9.59 Å². The van der Waals surface area contributed by atoms with Crippen LogP contribution in [0.2, 0.25) is 5.02 Å². The second kappa shape index (κ2) is 10.2. The second-order valence-electron chi connectivity index (χ2n) is 10.9. The molecule has 2 aliphatic heterocycles. The van der Waals surface area contributed by atoms with Crippen LogP contribution >= 0.6 is 11.6 Å². The molecule has 198 valence electrons. The Hall–Kier alpha value is -2.74. The highest BCUT2D eigenvalue weighted by Crippen LogP contribution is 2.47.